The molecule has 0 amide bonds. The molecule has 6 atom stereocenters. The average Bonchev–Trinajstić information content (AvgIpc) is 2.85. The third-order valence-electron chi connectivity index (χ3n) is 5.28. The summed E-state index contributed by atoms with van der Waals surface area (Å²) in [5, 5.41) is 4.05. The number of hydrogen-bond donors (Lipinski definition) is 0. The first-order valence-electron chi connectivity index (χ1n) is 11.4. The fourth-order valence-electron chi connectivity index (χ4n) is 3.78. The van der Waals surface area contributed by atoms with Crippen LogP contribution in [0.2, 0.25) is 0 Å². The molecule has 1 aliphatic rings. The monoisotopic (exact) mass is 525 g/mol. The Labute approximate surface area is 213 Å². The predicted octanol–water partition coefficient (Wildman–Crippen LogP) is 1.23. The fraction of sp³-hybridized carbons (Fsp3) is 0.609. The largest absolute Gasteiger partial charge is 0.467 e. The van der Waals surface area contributed by atoms with Crippen molar-refractivity contribution in [1.82, 2.24) is 9.99 Å². The van der Waals surface area contributed by atoms with Crippen LogP contribution < -0.4 is 0 Å². The average molecular weight is 526 g/mol. The van der Waals surface area contributed by atoms with Crippen molar-refractivity contribution in [3.8, 4) is 0 Å². The predicted molar refractivity (Wildman–Crippen MR) is 123 cm³/mol. The van der Waals surface area contributed by atoms with Crippen LogP contribution in [0.15, 0.2) is 29.8 Å². The Kier molecular flexibility index (Phi) is 11.3. The number of carbonyl (C=O) groups is 4. The highest BCUT2D eigenvalue weighted by molar-refractivity contribution is 5.77. The van der Waals surface area contributed by atoms with Crippen LogP contribution in [-0.4, -0.2) is 85.3 Å². The van der Waals surface area contributed by atoms with Crippen molar-refractivity contribution in [3.05, 3.63) is 35.0 Å². The molecule has 0 bridgehead atoms. The lowest BCUT2D eigenvalue weighted by molar-refractivity contribution is -0.312. The molecule has 2 rings (SSSR count). The number of esters is 4. The van der Waals surface area contributed by atoms with Crippen LogP contribution in [0.4, 0.5) is 0 Å². The number of hydrogen-bond acceptors (Lipinski definition) is 13. The number of methoxy groups -OCH3 is 1. The van der Waals surface area contributed by atoms with Gasteiger partial charge in [0.25, 0.3) is 0 Å². The highest BCUT2D eigenvalue weighted by Gasteiger charge is 2.55. The van der Waals surface area contributed by atoms with E-state index in [-0.39, 0.29) is 0 Å². The lowest BCUT2D eigenvalue weighted by Crippen LogP contribution is -2.64. The lowest BCUT2D eigenvalue weighted by atomic mass is 9.97. The van der Waals surface area contributed by atoms with Crippen LogP contribution in [0.1, 0.15) is 45.3 Å². The summed E-state index contributed by atoms with van der Waals surface area (Å²) in [6.07, 6.45) is -4.23. The first-order valence-corrected chi connectivity index (χ1v) is 11.4. The molecule has 37 heavy (non-hydrogen) atoms. The molecule has 0 radical (unpaired) electrons. The van der Waals surface area contributed by atoms with Gasteiger partial charge < -0.3 is 28.4 Å². The molecular weight excluding hydrogens is 494 g/mol. The Balaban J connectivity index is 2.48. The highest BCUT2D eigenvalue weighted by Crippen LogP contribution is 2.34. The van der Waals surface area contributed by atoms with Crippen LogP contribution in [0.5, 0.6) is 0 Å². The quantitative estimate of drug-likeness (QED) is 0.165. The second kappa shape index (κ2) is 14.2. The van der Waals surface area contributed by atoms with Gasteiger partial charge in [0.15, 0.2) is 24.4 Å². The molecule has 1 aromatic heterocycles. The Morgan fingerprint density at radius 1 is 1.05 bits per heavy atom. The van der Waals surface area contributed by atoms with Gasteiger partial charge in [-0.2, -0.15) is 0 Å². The number of rotatable bonds is 12. The van der Waals surface area contributed by atoms with Gasteiger partial charge in [0, 0.05) is 46.8 Å². The first kappa shape index (κ1) is 29.6. The smallest absolute Gasteiger partial charge is 0.339 e. The molecule has 2 heterocycles. The van der Waals surface area contributed by atoms with E-state index >= 15 is 0 Å². The van der Waals surface area contributed by atoms with E-state index in [1.807, 2.05) is 0 Å². The summed E-state index contributed by atoms with van der Waals surface area (Å²) in [4.78, 5) is 63.2. The van der Waals surface area contributed by atoms with E-state index in [4.69, 9.17) is 28.4 Å². The summed E-state index contributed by atoms with van der Waals surface area (Å²) >= 11 is 0. The molecule has 14 heteroatoms. The number of nitroso groups, excluding NO2 is 1. The first-order chi connectivity index (χ1) is 17.6. The zero-order valence-electron chi connectivity index (χ0n) is 21.2. The topological polar surface area (TPSA) is 169 Å². The van der Waals surface area contributed by atoms with Gasteiger partial charge in [-0.25, -0.2) is 4.79 Å². The minimum Gasteiger partial charge on any atom is -0.467 e. The molecule has 1 aliphatic heterocycles. The summed E-state index contributed by atoms with van der Waals surface area (Å²) in [6.45, 7) is 3.63. The van der Waals surface area contributed by atoms with Crippen molar-refractivity contribution in [2.75, 3.05) is 20.7 Å². The zero-order chi connectivity index (χ0) is 27.5. The van der Waals surface area contributed by atoms with Crippen molar-refractivity contribution >= 4 is 23.9 Å². The van der Waals surface area contributed by atoms with Gasteiger partial charge in [-0.15, -0.1) is 4.91 Å². The molecule has 1 saturated heterocycles. The Morgan fingerprint density at radius 2 is 1.68 bits per heavy atom. The molecule has 1 unspecified atom stereocenters. The van der Waals surface area contributed by atoms with Gasteiger partial charge in [-0.1, -0.05) is 6.07 Å². The van der Waals surface area contributed by atoms with Crippen LogP contribution in [0.25, 0.3) is 0 Å². The van der Waals surface area contributed by atoms with Crippen molar-refractivity contribution in [2.45, 2.75) is 70.4 Å². The summed E-state index contributed by atoms with van der Waals surface area (Å²) in [5.74, 6) is -3.30. The van der Waals surface area contributed by atoms with Gasteiger partial charge in [0.1, 0.15) is 0 Å². The van der Waals surface area contributed by atoms with E-state index in [0.29, 0.717) is 24.9 Å². The third kappa shape index (κ3) is 8.75. The number of aromatic nitrogens is 1. The van der Waals surface area contributed by atoms with Crippen molar-refractivity contribution in [1.29, 1.82) is 0 Å². The maximum Gasteiger partial charge on any atom is 0.339 e. The second-order valence-corrected chi connectivity index (χ2v) is 8.19. The molecule has 1 fully saturated rings. The van der Waals surface area contributed by atoms with Gasteiger partial charge in [0.05, 0.1) is 18.5 Å². The third-order valence-corrected chi connectivity index (χ3v) is 5.28. The molecule has 1 aromatic rings. The number of nitrogens with zero attached hydrogens (tertiary/aromatic N) is 3. The Morgan fingerprint density at radius 3 is 2.22 bits per heavy atom. The molecule has 0 spiro atoms. The number of pyridine rings is 1. The maximum absolute atomic E-state index is 12.6. The van der Waals surface area contributed by atoms with Crippen molar-refractivity contribution < 1.29 is 47.6 Å². The van der Waals surface area contributed by atoms with Gasteiger partial charge in [-0.05, 0) is 24.5 Å². The molecular formula is C23H31N3O11. The van der Waals surface area contributed by atoms with Crippen LogP contribution in [0.3, 0.4) is 0 Å². The second-order valence-electron chi connectivity index (χ2n) is 8.19. The van der Waals surface area contributed by atoms with E-state index < -0.39 is 60.7 Å². The number of carbonyl (C=O) groups excluding carboxylic acids is 4. The van der Waals surface area contributed by atoms with E-state index in [1.54, 1.807) is 24.5 Å². The van der Waals surface area contributed by atoms with E-state index in [0.717, 1.165) is 27.9 Å². The summed E-state index contributed by atoms with van der Waals surface area (Å²) in [6, 6.07) is 3.43. The summed E-state index contributed by atoms with van der Waals surface area (Å²) in [7, 11) is 2.62. The highest BCUT2D eigenvalue weighted by atomic mass is 16.7. The molecule has 0 N–H and O–H groups in total. The van der Waals surface area contributed by atoms with Crippen molar-refractivity contribution in [3.63, 3.8) is 0 Å². The fourth-order valence-corrected chi connectivity index (χ4v) is 3.78. The molecule has 0 aliphatic carbocycles. The number of ether oxygens (including phenoxy) is 6. The zero-order valence-corrected chi connectivity index (χ0v) is 21.2. The minimum atomic E-state index is -1.57. The Bertz CT molecular complexity index is 945. The van der Waals surface area contributed by atoms with Crippen LogP contribution >= 0.6 is 0 Å². The SMILES string of the molecule is COC(=O)[C@H]1O[C@@H](OC(CCCN(C)N=O)c2cccnc2)[C@H](OC(C)=O)[C@@H](OC(C)=O)[C@@H]1OC(C)=O. The molecule has 14 nitrogen and oxygen atoms in total. The van der Waals surface area contributed by atoms with Gasteiger partial charge in [-0.3, -0.25) is 24.4 Å². The van der Waals surface area contributed by atoms with Crippen LogP contribution in [-0.2, 0) is 47.6 Å². The molecule has 0 aromatic carbocycles. The Hall–Kier alpha value is -3.65. The normalized spacial score (nSPS) is 23.8. The summed E-state index contributed by atoms with van der Waals surface area (Å²) in [5.41, 5.74) is 0.621. The standard InChI is InChI=1S/C23H31N3O11/c1-13(27)33-18-19(34-14(2)28)21(35-15(3)29)23(37-20(18)22(30)32-5)36-17(9-7-11-26(4)25-31)16-8-6-10-24-12-16/h6,8,10,12,17-21,23H,7,9,11H2,1-5H3/t17?,18-,19-,20-,21+,23+/m0/s1. The molecule has 204 valence electrons. The van der Waals surface area contributed by atoms with Crippen molar-refractivity contribution in [2.24, 2.45) is 5.29 Å². The molecule has 0 saturated carbocycles. The lowest BCUT2D eigenvalue weighted by Gasteiger charge is -2.44. The van der Waals surface area contributed by atoms with Gasteiger partial charge in [0.2, 0.25) is 6.29 Å². The summed E-state index contributed by atoms with van der Waals surface area (Å²) < 4.78 is 32.8. The van der Waals surface area contributed by atoms with Crippen LogP contribution in [0, 0.1) is 4.91 Å². The minimum absolute atomic E-state index is 0.317. The van der Waals surface area contributed by atoms with E-state index in [2.05, 4.69) is 10.3 Å². The van der Waals surface area contributed by atoms with E-state index in [1.165, 1.54) is 12.1 Å². The van der Waals surface area contributed by atoms with Gasteiger partial charge >= 0.3 is 23.9 Å². The van der Waals surface area contributed by atoms with E-state index in [9.17, 15) is 24.1 Å². The maximum atomic E-state index is 12.6.